The van der Waals surface area contributed by atoms with Crippen LogP contribution in [0.4, 0.5) is 0 Å². The standard InChI is InChI=1S/C16H26N2O2/c1-11-9-15(16(20)17-10-12(2)19)13(3)18(11)14-7-5-4-6-8-14/h9,12,14,19H,4-8,10H2,1-3H3,(H,17,20)/t12-/m1/s1. The van der Waals surface area contributed by atoms with E-state index < -0.39 is 6.10 Å². The van der Waals surface area contributed by atoms with E-state index in [1.807, 2.05) is 13.0 Å². The third kappa shape index (κ3) is 3.23. The molecule has 2 N–H and O–H groups in total. The SMILES string of the molecule is Cc1cc(C(=O)NC[C@@H](C)O)c(C)n1C1CCCCC1. The van der Waals surface area contributed by atoms with Gasteiger partial charge in [0.15, 0.2) is 0 Å². The van der Waals surface area contributed by atoms with E-state index >= 15 is 0 Å². The fourth-order valence-corrected chi connectivity index (χ4v) is 3.24. The van der Waals surface area contributed by atoms with Crippen molar-refractivity contribution in [1.29, 1.82) is 0 Å². The maximum atomic E-state index is 12.2. The zero-order chi connectivity index (χ0) is 14.7. The molecule has 1 fully saturated rings. The van der Waals surface area contributed by atoms with Crippen LogP contribution >= 0.6 is 0 Å². The molecule has 2 rings (SSSR count). The maximum absolute atomic E-state index is 12.2. The van der Waals surface area contributed by atoms with Gasteiger partial charge in [0, 0.05) is 24.0 Å². The lowest BCUT2D eigenvalue weighted by Crippen LogP contribution is -2.30. The van der Waals surface area contributed by atoms with Crippen LogP contribution in [0.2, 0.25) is 0 Å². The Labute approximate surface area is 121 Å². The predicted octanol–water partition coefficient (Wildman–Crippen LogP) is 2.72. The first-order valence-corrected chi connectivity index (χ1v) is 7.65. The van der Waals surface area contributed by atoms with Gasteiger partial charge in [-0.2, -0.15) is 0 Å². The number of rotatable bonds is 4. The van der Waals surface area contributed by atoms with E-state index in [-0.39, 0.29) is 5.91 Å². The van der Waals surface area contributed by atoms with Gasteiger partial charge in [-0.05, 0) is 39.7 Å². The van der Waals surface area contributed by atoms with Gasteiger partial charge in [-0.1, -0.05) is 19.3 Å². The summed E-state index contributed by atoms with van der Waals surface area (Å²) in [5.74, 6) is -0.0824. The number of aliphatic hydroxyl groups excluding tert-OH is 1. The number of aliphatic hydroxyl groups is 1. The van der Waals surface area contributed by atoms with Gasteiger partial charge in [0.25, 0.3) is 5.91 Å². The van der Waals surface area contributed by atoms with Crippen molar-refractivity contribution >= 4 is 5.91 Å². The van der Waals surface area contributed by atoms with Crippen molar-refractivity contribution in [3.8, 4) is 0 Å². The molecule has 1 aliphatic carbocycles. The number of nitrogens with one attached hydrogen (secondary N) is 1. The molecule has 1 aliphatic rings. The highest BCUT2D eigenvalue weighted by Gasteiger charge is 2.22. The largest absolute Gasteiger partial charge is 0.392 e. The van der Waals surface area contributed by atoms with Crippen LogP contribution in [0.1, 0.15) is 66.8 Å². The zero-order valence-corrected chi connectivity index (χ0v) is 12.8. The van der Waals surface area contributed by atoms with E-state index in [0.717, 1.165) is 17.0 Å². The summed E-state index contributed by atoms with van der Waals surface area (Å²) in [5.41, 5.74) is 2.96. The molecule has 1 heterocycles. The molecule has 112 valence electrons. The van der Waals surface area contributed by atoms with Gasteiger partial charge in [0.1, 0.15) is 0 Å². The Morgan fingerprint density at radius 2 is 2.05 bits per heavy atom. The van der Waals surface area contributed by atoms with Crippen LogP contribution in [-0.4, -0.2) is 28.2 Å². The highest BCUT2D eigenvalue weighted by molar-refractivity contribution is 5.95. The molecule has 1 atom stereocenters. The van der Waals surface area contributed by atoms with Crippen molar-refractivity contribution in [3.63, 3.8) is 0 Å². The number of aryl methyl sites for hydroxylation is 1. The van der Waals surface area contributed by atoms with Crippen molar-refractivity contribution < 1.29 is 9.90 Å². The van der Waals surface area contributed by atoms with Gasteiger partial charge in [-0.3, -0.25) is 4.79 Å². The van der Waals surface area contributed by atoms with E-state index in [1.54, 1.807) is 6.92 Å². The number of hydrogen-bond donors (Lipinski definition) is 2. The molecule has 4 heteroatoms. The van der Waals surface area contributed by atoms with Crippen LogP contribution in [0.15, 0.2) is 6.07 Å². The number of carbonyl (C=O) groups is 1. The van der Waals surface area contributed by atoms with Crippen LogP contribution in [-0.2, 0) is 0 Å². The van der Waals surface area contributed by atoms with E-state index in [1.165, 1.54) is 32.1 Å². The fourth-order valence-electron chi connectivity index (χ4n) is 3.24. The Balaban J connectivity index is 2.17. The number of nitrogens with zero attached hydrogens (tertiary/aromatic N) is 1. The van der Waals surface area contributed by atoms with Crippen LogP contribution in [0.5, 0.6) is 0 Å². The summed E-state index contributed by atoms with van der Waals surface area (Å²) in [5, 5.41) is 12.0. The summed E-state index contributed by atoms with van der Waals surface area (Å²) >= 11 is 0. The van der Waals surface area contributed by atoms with E-state index in [0.29, 0.717) is 12.6 Å². The first-order valence-electron chi connectivity index (χ1n) is 7.65. The molecule has 0 saturated heterocycles. The molecule has 1 amide bonds. The van der Waals surface area contributed by atoms with Crippen molar-refractivity contribution in [3.05, 3.63) is 23.0 Å². The minimum absolute atomic E-state index is 0.0824. The molecule has 0 aliphatic heterocycles. The highest BCUT2D eigenvalue weighted by Crippen LogP contribution is 2.32. The van der Waals surface area contributed by atoms with Gasteiger partial charge >= 0.3 is 0 Å². The molecular formula is C16H26N2O2. The average Bonchev–Trinajstić information content (AvgIpc) is 2.72. The number of carbonyl (C=O) groups excluding carboxylic acids is 1. The summed E-state index contributed by atoms with van der Waals surface area (Å²) < 4.78 is 2.33. The molecule has 0 aromatic carbocycles. The van der Waals surface area contributed by atoms with Gasteiger partial charge in [0.05, 0.1) is 11.7 Å². The Morgan fingerprint density at radius 1 is 1.40 bits per heavy atom. The fraction of sp³-hybridized carbons (Fsp3) is 0.688. The van der Waals surface area contributed by atoms with Gasteiger partial charge in [0.2, 0.25) is 0 Å². The van der Waals surface area contributed by atoms with E-state index in [9.17, 15) is 9.90 Å². The molecule has 4 nitrogen and oxygen atoms in total. The summed E-state index contributed by atoms with van der Waals surface area (Å²) in [6.07, 6.45) is 5.81. The van der Waals surface area contributed by atoms with Crippen molar-refractivity contribution in [2.45, 2.75) is 65.0 Å². The highest BCUT2D eigenvalue weighted by atomic mass is 16.3. The lowest BCUT2D eigenvalue weighted by molar-refractivity contribution is 0.0923. The Bertz CT molecular complexity index is 471. The number of aromatic nitrogens is 1. The van der Waals surface area contributed by atoms with Crippen molar-refractivity contribution in [2.24, 2.45) is 0 Å². The third-order valence-corrected chi connectivity index (χ3v) is 4.23. The molecule has 1 aromatic rings. The zero-order valence-electron chi connectivity index (χ0n) is 12.8. The molecule has 1 saturated carbocycles. The topological polar surface area (TPSA) is 54.3 Å². The number of hydrogen-bond acceptors (Lipinski definition) is 2. The minimum Gasteiger partial charge on any atom is -0.392 e. The molecule has 0 radical (unpaired) electrons. The normalized spacial score (nSPS) is 18.0. The smallest absolute Gasteiger partial charge is 0.253 e. The predicted molar refractivity (Wildman–Crippen MR) is 80.0 cm³/mol. The van der Waals surface area contributed by atoms with Gasteiger partial charge in [-0.15, -0.1) is 0 Å². The van der Waals surface area contributed by atoms with Crippen molar-refractivity contribution in [2.75, 3.05) is 6.54 Å². The van der Waals surface area contributed by atoms with Crippen LogP contribution in [0.3, 0.4) is 0 Å². The average molecular weight is 278 g/mol. The Kier molecular flexibility index (Phi) is 4.86. The second-order valence-corrected chi connectivity index (χ2v) is 6.01. The summed E-state index contributed by atoms with van der Waals surface area (Å²) in [4.78, 5) is 12.2. The van der Waals surface area contributed by atoms with E-state index in [2.05, 4.69) is 16.8 Å². The molecule has 0 unspecified atom stereocenters. The molecular weight excluding hydrogens is 252 g/mol. The second kappa shape index (κ2) is 6.44. The lowest BCUT2D eigenvalue weighted by atomic mass is 9.95. The Hall–Kier alpha value is -1.29. The maximum Gasteiger partial charge on any atom is 0.253 e. The molecule has 0 spiro atoms. The minimum atomic E-state index is -0.513. The van der Waals surface area contributed by atoms with Gasteiger partial charge in [-0.25, -0.2) is 0 Å². The van der Waals surface area contributed by atoms with Crippen LogP contribution in [0, 0.1) is 13.8 Å². The third-order valence-electron chi connectivity index (χ3n) is 4.23. The van der Waals surface area contributed by atoms with E-state index in [4.69, 9.17) is 0 Å². The number of amides is 1. The quantitative estimate of drug-likeness (QED) is 0.889. The Morgan fingerprint density at radius 3 is 2.65 bits per heavy atom. The molecule has 0 bridgehead atoms. The summed E-state index contributed by atoms with van der Waals surface area (Å²) in [6.45, 7) is 6.07. The monoisotopic (exact) mass is 278 g/mol. The first kappa shape index (κ1) is 15.1. The van der Waals surface area contributed by atoms with Crippen LogP contribution in [0.25, 0.3) is 0 Å². The summed E-state index contributed by atoms with van der Waals surface area (Å²) in [7, 11) is 0. The summed E-state index contributed by atoms with van der Waals surface area (Å²) in [6, 6.07) is 2.52. The van der Waals surface area contributed by atoms with Crippen molar-refractivity contribution in [1.82, 2.24) is 9.88 Å². The molecule has 20 heavy (non-hydrogen) atoms. The first-order chi connectivity index (χ1) is 9.50. The lowest BCUT2D eigenvalue weighted by Gasteiger charge is -2.26. The second-order valence-electron chi connectivity index (χ2n) is 6.01. The molecule has 1 aromatic heterocycles. The van der Waals surface area contributed by atoms with Crippen LogP contribution < -0.4 is 5.32 Å². The van der Waals surface area contributed by atoms with Gasteiger partial charge < -0.3 is 15.0 Å².